The molecule has 0 aliphatic heterocycles. The first-order valence-corrected chi connectivity index (χ1v) is 8.66. The molecule has 0 aromatic heterocycles. The Morgan fingerprint density at radius 3 is 2.55 bits per heavy atom. The minimum Gasteiger partial charge on any atom is -0.495 e. The van der Waals surface area contributed by atoms with E-state index >= 15 is 0 Å². The van der Waals surface area contributed by atoms with Crippen LogP contribution in [0.25, 0.3) is 0 Å². The van der Waals surface area contributed by atoms with Crippen molar-refractivity contribution in [1.82, 2.24) is 0 Å². The van der Waals surface area contributed by atoms with Crippen molar-refractivity contribution in [2.45, 2.75) is 30.6 Å². The molecule has 5 nitrogen and oxygen atoms in total. The third kappa shape index (κ3) is 3.43. The molecule has 0 radical (unpaired) electrons. The summed E-state index contributed by atoms with van der Waals surface area (Å²) in [5.74, 6) is 0.279. The van der Waals surface area contributed by atoms with E-state index in [0.29, 0.717) is 11.4 Å². The molecule has 0 bridgehead atoms. The summed E-state index contributed by atoms with van der Waals surface area (Å²) in [5, 5.41) is 2.73. The average Bonchev–Trinajstić information content (AvgIpc) is 2.91. The molecule has 1 fully saturated rings. The molecule has 1 saturated carbocycles. The lowest BCUT2D eigenvalue weighted by Crippen LogP contribution is -2.20. The highest BCUT2D eigenvalue weighted by molar-refractivity contribution is 8.13. The fourth-order valence-electron chi connectivity index (χ4n) is 2.36. The molecule has 7 heteroatoms. The lowest BCUT2D eigenvalue weighted by Gasteiger charge is -2.14. The number of hydrogen-bond donors (Lipinski definition) is 1. The van der Waals surface area contributed by atoms with Gasteiger partial charge in [-0.05, 0) is 31.0 Å². The maximum atomic E-state index is 12.1. The van der Waals surface area contributed by atoms with Crippen molar-refractivity contribution in [1.29, 1.82) is 0 Å². The van der Waals surface area contributed by atoms with Crippen LogP contribution < -0.4 is 10.1 Å². The Morgan fingerprint density at radius 1 is 1.35 bits per heavy atom. The molecule has 1 aliphatic rings. The van der Waals surface area contributed by atoms with Crippen molar-refractivity contribution in [3.63, 3.8) is 0 Å². The first-order valence-electron chi connectivity index (χ1n) is 6.35. The first-order chi connectivity index (χ1) is 9.41. The second kappa shape index (κ2) is 6.01. The molecule has 1 aliphatic carbocycles. The molecule has 1 aromatic carbocycles. The fourth-order valence-corrected chi connectivity index (χ4v) is 3.14. The van der Waals surface area contributed by atoms with E-state index in [1.807, 2.05) is 0 Å². The molecule has 0 heterocycles. The predicted octanol–water partition coefficient (Wildman–Crippen LogP) is 2.75. The van der Waals surface area contributed by atoms with Gasteiger partial charge in [0.1, 0.15) is 5.75 Å². The second-order valence-corrected chi connectivity index (χ2v) is 7.34. The van der Waals surface area contributed by atoms with Crippen LogP contribution in [0.5, 0.6) is 5.75 Å². The normalized spacial score (nSPS) is 16.1. The van der Waals surface area contributed by atoms with Crippen LogP contribution in [0.1, 0.15) is 25.7 Å². The number of methoxy groups -OCH3 is 1. The van der Waals surface area contributed by atoms with E-state index in [2.05, 4.69) is 5.32 Å². The van der Waals surface area contributed by atoms with Gasteiger partial charge in [-0.15, -0.1) is 0 Å². The fraction of sp³-hybridized carbons (Fsp3) is 0.462. The molecule has 110 valence electrons. The summed E-state index contributed by atoms with van der Waals surface area (Å²) in [6.07, 6.45) is 3.82. The summed E-state index contributed by atoms with van der Waals surface area (Å²) in [6, 6.07) is 4.12. The summed E-state index contributed by atoms with van der Waals surface area (Å²) in [5.41, 5.74) is 0.325. The van der Waals surface area contributed by atoms with Crippen molar-refractivity contribution in [3.05, 3.63) is 18.2 Å². The average molecular weight is 318 g/mol. The van der Waals surface area contributed by atoms with E-state index in [-0.39, 0.29) is 16.7 Å². The van der Waals surface area contributed by atoms with Crippen LogP contribution in [-0.2, 0) is 13.8 Å². The molecule has 1 N–H and O–H groups in total. The molecule has 2 rings (SSSR count). The third-order valence-electron chi connectivity index (χ3n) is 3.44. The van der Waals surface area contributed by atoms with E-state index < -0.39 is 9.05 Å². The van der Waals surface area contributed by atoms with Gasteiger partial charge in [0.2, 0.25) is 5.91 Å². The maximum Gasteiger partial charge on any atom is 0.261 e. The van der Waals surface area contributed by atoms with Gasteiger partial charge >= 0.3 is 0 Å². The highest BCUT2D eigenvalue weighted by atomic mass is 35.7. The van der Waals surface area contributed by atoms with Gasteiger partial charge in [0.05, 0.1) is 17.7 Å². The summed E-state index contributed by atoms with van der Waals surface area (Å²) < 4.78 is 27.8. The molecule has 0 spiro atoms. The lowest BCUT2D eigenvalue weighted by molar-refractivity contribution is -0.119. The standard InChI is InChI=1S/C13H16ClNO4S/c1-19-12-7-6-10(20(14,17)18)8-11(12)15-13(16)9-4-2-3-5-9/h6-9H,2-5H2,1H3,(H,15,16). The number of benzene rings is 1. The van der Waals surface area contributed by atoms with Gasteiger partial charge in [-0.2, -0.15) is 0 Å². The largest absolute Gasteiger partial charge is 0.495 e. The maximum absolute atomic E-state index is 12.1. The van der Waals surface area contributed by atoms with Crippen molar-refractivity contribution < 1.29 is 17.9 Å². The summed E-state index contributed by atoms with van der Waals surface area (Å²) in [7, 11) is 2.92. The van der Waals surface area contributed by atoms with Crippen LogP contribution in [0.15, 0.2) is 23.1 Å². The third-order valence-corrected chi connectivity index (χ3v) is 4.79. The van der Waals surface area contributed by atoms with Gasteiger partial charge in [0.15, 0.2) is 0 Å². The Balaban J connectivity index is 2.26. The van der Waals surface area contributed by atoms with E-state index in [4.69, 9.17) is 15.4 Å². The van der Waals surface area contributed by atoms with E-state index in [9.17, 15) is 13.2 Å². The van der Waals surface area contributed by atoms with Crippen molar-refractivity contribution in [2.75, 3.05) is 12.4 Å². The highest BCUT2D eigenvalue weighted by Crippen LogP contribution is 2.31. The Labute approximate surface area is 122 Å². The summed E-state index contributed by atoms with van der Waals surface area (Å²) in [4.78, 5) is 12.0. The Kier molecular flexibility index (Phi) is 4.55. The Bertz CT molecular complexity index is 609. The van der Waals surface area contributed by atoms with Crippen LogP contribution in [0.3, 0.4) is 0 Å². The smallest absolute Gasteiger partial charge is 0.261 e. The van der Waals surface area contributed by atoms with Gasteiger partial charge in [-0.3, -0.25) is 4.79 Å². The van der Waals surface area contributed by atoms with E-state index in [1.165, 1.54) is 25.3 Å². The second-order valence-electron chi connectivity index (χ2n) is 4.77. The zero-order chi connectivity index (χ0) is 14.8. The monoisotopic (exact) mass is 317 g/mol. The number of carbonyl (C=O) groups excluding carboxylic acids is 1. The molecular formula is C13H16ClNO4S. The minimum absolute atomic E-state index is 0.0176. The van der Waals surface area contributed by atoms with Crippen molar-refractivity contribution in [3.8, 4) is 5.75 Å². The number of ether oxygens (including phenoxy) is 1. The van der Waals surface area contributed by atoms with Crippen LogP contribution in [0.2, 0.25) is 0 Å². The summed E-state index contributed by atoms with van der Waals surface area (Å²) >= 11 is 0. The number of nitrogens with one attached hydrogen (secondary N) is 1. The number of amides is 1. The van der Waals surface area contributed by atoms with Gasteiger partial charge < -0.3 is 10.1 Å². The molecule has 0 saturated heterocycles. The number of rotatable bonds is 4. The van der Waals surface area contributed by atoms with Crippen molar-refractivity contribution >= 4 is 31.3 Å². The lowest BCUT2D eigenvalue weighted by atomic mass is 10.1. The first kappa shape index (κ1) is 15.1. The van der Waals surface area contributed by atoms with Crippen LogP contribution in [0.4, 0.5) is 5.69 Å². The highest BCUT2D eigenvalue weighted by Gasteiger charge is 2.24. The minimum atomic E-state index is -3.84. The Morgan fingerprint density at radius 2 is 2.00 bits per heavy atom. The number of carbonyl (C=O) groups is 1. The molecule has 20 heavy (non-hydrogen) atoms. The van der Waals surface area contributed by atoms with Crippen LogP contribution in [0, 0.1) is 5.92 Å². The van der Waals surface area contributed by atoms with Gasteiger partial charge in [0, 0.05) is 16.6 Å². The topological polar surface area (TPSA) is 72.5 Å². The molecule has 1 amide bonds. The quantitative estimate of drug-likeness (QED) is 0.867. The van der Waals surface area contributed by atoms with E-state index in [1.54, 1.807) is 0 Å². The predicted molar refractivity (Wildman–Crippen MR) is 76.6 cm³/mol. The van der Waals surface area contributed by atoms with E-state index in [0.717, 1.165) is 25.7 Å². The Hall–Kier alpha value is -1.27. The summed E-state index contributed by atoms with van der Waals surface area (Å²) in [6.45, 7) is 0. The number of halogens is 1. The van der Waals surface area contributed by atoms with Crippen molar-refractivity contribution in [2.24, 2.45) is 5.92 Å². The van der Waals surface area contributed by atoms with Crippen LogP contribution >= 0.6 is 10.7 Å². The zero-order valence-corrected chi connectivity index (χ0v) is 12.6. The van der Waals surface area contributed by atoms with Gasteiger partial charge in [-0.25, -0.2) is 8.42 Å². The number of anilines is 1. The van der Waals surface area contributed by atoms with Gasteiger partial charge in [-0.1, -0.05) is 12.8 Å². The molecule has 0 unspecified atom stereocenters. The zero-order valence-electron chi connectivity index (χ0n) is 11.1. The number of hydrogen-bond acceptors (Lipinski definition) is 4. The molecule has 1 aromatic rings. The van der Waals surface area contributed by atoms with Gasteiger partial charge in [0.25, 0.3) is 9.05 Å². The SMILES string of the molecule is COc1ccc(S(=O)(=O)Cl)cc1NC(=O)C1CCCC1. The van der Waals surface area contributed by atoms with Crippen LogP contribution in [-0.4, -0.2) is 21.4 Å². The molecule has 0 atom stereocenters. The molecular weight excluding hydrogens is 302 g/mol.